The monoisotopic (exact) mass is 635 g/mol. The van der Waals surface area contributed by atoms with Crippen LogP contribution in [0, 0.1) is 22.8 Å². The van der Waals surface area contributed by atoms with Crippen LogP contribution in [-0.4, -0.2) is 36.2 Å². The second-order valence-corrected chi connectivity index (χ2v) is 10.3. The molecule has 8 heteroatoms. The molecular formula is C31H30IN3O4. The maximum absolute atomic E-state index is 13.7. The van der Waals surface area contributed by atoms with Crippen LogP contribution in [0.5, 0.6) is 17.2 Å². The third kappa shape index (κ3) is 5.93. The van der Waals surface area contributed by atoms with Gasteiger partial charge in [0.15, 0.2) is 17.3 Å². The minimum absolute atomic E-state index is 0.126. The van der Waals surface area contributed by atoms with Crippen LogP contribution in [0.15, 0.2) is 58.4 Å². The molecule has 0 atom stereocenters. The number of aromatic nitrogens is 2. The molecule has 4 aromatic rings. The van der Waals surface area contributed by atoms with Gasteiger partial charge in [-0.25, -0.2) is 4.98 Å². The van der Waals surface area contributed by atoms with Crippen molar-refractivity contribution in [1.29, 1.82) is 0 Å². The average Bonchev–Trinajstić information content (AvgIpc) is 2.91. The highest BCUT2D eigenvalue weighted by Crippen LogP contribution is 2.35. The molecule has 0 aliphatic heterocycles. The van der Waals surface area contributed by atoms with E-state index in [2.05, 4.69) is 53.5 Å². The first kappa shape index (κ1) is 28.2. The lowest BCUT2D eigenvalue weighted by molar-refractivity contribution is 0.328. The maximum Gasteiger partial charge on any atom is 0.282 e. The number of halogens is 1. The molecule has 0 amide bonds. The number of para-hydroxylation sites is 1. The summed E-state index contributed by atoms with van der Waals surface area (Å²) in [6.07, 6.45) is 6.97. The second-order valence-electron chi connectivity index (χ2n) is 9.13. The van der Waals surface area contributed by atoms with Gasteiger partial charge in [0.05, 0.1) is 34.4 Å². The van der Waals surface area contributed by atoms with E-state index in [-0.39, 0.29) is 18.1 Å². The fourth-order valence-corrected chi connectivity index (χ4v) is 5.05. The average molecular weight is 636 g/mol. The van der Waals surface area contributed by atoms with Crippen molar-refractivity contribution in [3.63, 3.8) is 0 Å². The molecule has 4 rings (SSSR count). The van der Waals surface area contributed by atoms with Crippen LogP contribution in [0.25, 0.3) is 22.3 Å². The van der Waals surface area contributed by atoms with E-state index in [1.807, 2.05) is 44.2 Å². The molecule has 0 aliphatic carbocycles. The Balaban J connectivity index is 1.92. The number of ether oxygens (including phenoxy) is 3. The fourth-order valence-electron chi connectivity index (χ4n) is 4.27. The first-order valence-electron chi connectivity index (χ1n) is 12.6. The highest BCUT2D eigenvalue weighted by molar-refractivity contribution is 14.1. The van der Waals surface area contributed by atoms with Crippen LogP contribution in [0.2, 0.25) is 0 Å². The van der Waals surface area contributed by atoms with Gasteiger partial charge in [-0.2, -0.15) is 9.78 Å². The topological polar surface area (TPSA) is 74.9 Å². The summed E-state index contributed by atoms with van der Waals surface area (Å²) in [4.78, 5) is 18.6. The minimum Gasteiger partial charge on any atom is -0.494 e. The van der Waals surface area contributed by atoms with E-state index in [1.165, 1.54) is 4.68 Å². The summed E-state index contributed by atoms with van der Waals surface area (Å²) in [5.41, 5.74) is 3.85. The quantitative estimate of drug-likeness (QED) is 0.121. The predicted octanol–water partition coefficient (Wildman–Crippen LogP) is 6.40. The highest BCUT2D eigenvalue weighted by Gasteiger charge is 2.19. The zero-order chi connectivity index (χ0) is 28.1. The number of rotatable bonds is 9. The second kappa shape index (κ2) is 12.3. The Hall–Kier alpha value is -3.84. The first-order valence-corrected chi connectivity index (χ1v) is 13.6. The van der Waals surface area contributed by atoms with Crippen LogP contribution in [0.4, 0.5) is 0 Å². The zero-order valence-corrected chi connectivity index (χ0v) is 24.8. The number of methoxy groups -OCH3 is 1. The van der Waals surface area contributed by atoms with Crippen molar-refractivity contribution in [1.82, 2.24) is 9.66 Å². The van der Waals surface area contributed by atoms with Gasteiger partial charge in [-0.05, 0) is 95.4 Å². The van der Waals surface area contributed by atoms with Crippen LogP contribution in [-0.2, 0) is 0 Å². The summed E-state index contributed by atoms with van der Waals surface area (Å²) in [6.45, 7) is 8.87. The standard InChI is InChI=1S/C31H30IN3O4/c1-7-13-39-29-25(32)15-21(16-28(29)37-6)18-33-35-30(34-26-12-10-9-11-22(26)31(35)36)24-17-23(19(3)4)27(38-8-2)14-20(24)5/h1,9-12,14-19H,8,13H2,2-6H3. The third-order valence-corrected chi connectivity index (χ3v) is 6.95. The lowest BCUT2D eigenvalue weighted by atomic mass is 9.96. The summed E-state index contributed by atoms with van der Waals surface area (Å²) in [5, 5.41) is 5.12. The molecule has 0 aliphatic rings. The molecule has 39 heavy (non-hydrogen) atoms. The van der Waals surface area contributed by atoms with E-state index in [0.29, 0.717) is 34.8 Å². The van der Waals surface area contributed by atoms with Gasteiger partial charge < -0.3 is 14.2 Å². The van der Waals surface area contributed by atoms with Crippen LogP contribution in [0.1, 0.15) is 43.4 Å². The van der Waals surface area contributed by atoms with Crippen LogP contribution >= 0.6 is 22.6 Å². The van der Waals surface area contributed by atoms with Crippen molar-refractivity contribution in [3.05, 3.63) is 79.1 Å². The number of hydrogen-bond donors (Lipinski definition) is 0. The summed E-state index contributed by atoms with van der Waals surface area (Å²) in [7, 11) is 1.56. The van der Waals surface area contributed by atoms with Crippen molar-refractivity contribution in [3.8, 4) is 41.0 Å². The van der Waals surface area contributed by atoms with Crippen molar-refractivity contribution < 1.29 is 14.2 Å². The largest absolute Gasteiger partial charge is 0.494 e. The van der Waals surface area contributed by atoms with E-state index >= 15 is 0 Å². The molecule has 0 N–H and O–H groups in total. The fraction of sp³-hybridized carbons (Fsp3) is 0.258. The highest BCUT2D eigenvalue weighted by atomic mass is 127. The Bertz CT molecular complexity index is 1650. The smallest absolute Gasteiger partial charge is 0.282 e. The summed E-state index contributed by atoms with van der Waals surface area (Å²) in [5.74, 6) is 5.04. The molecule has 0 spiro atoms. The Morgan fingerprint density at radius 2 is 1.92 bits per heavy atom. The number of aryl methyl sites for hydroxylation is 1. The van der Waals surface area contributed by atoms with Crippen molar-refractivity contribution >= 4 is 39.7 Å². The van der Waals surface area contributed by atoms with Crippen molar-refractivity contribution in [2.45, 2.75) is 33.6 Å². The van der Waals surface area contributed by atoms with Gasteiger partial charge in [0, 0.05) is 5.56 Å². The number of nitrogens with zero attached hydrogens (tertiary/aromatic N) is 3. The van der Waals surface area contributed by atoms with Crippen LogP contribution in [0.3, 0.4) is 0 Å². The third-order valence-electron chi connectivity index (χ3n) is 6.15. The van der Waals surface area contributed by atoms with Gasteiger partial charge in [-0.1, -0.05) is 31.9 Å². The van der Waals surface area contributed by atoms with Gasteiger partial charge in [-0.15, -0.1) is 6.42 Å². The molecule has 7 nitrogen and oxygen atoms in total. The van der Waals surface area contributed by atoms with E-state index in [9.17, 15) is 4.79 Å². The maximum atomic E-state index is 13.7. The number of hydrogen-bond acceptors (Lipinski definition) is 6. The predicted molar refractivity (Wildman–Crippen MR) is 164 cm³/mol. The summed E-state index contributed by atoms with van der Waals surface area (Å²) < 4.78 is 19.2. The van der Waals surface area contributed by atoms with Crippen LogP contribution < -0.4 is 19.8 Å². The molecule has 0 bridgehead atoms. The molecule has 0 saturated heterocycles. The van der Waals surface area contributed by atoms with Crippen molar-refractivity contribution in [2.24, 2.45) is 5.10 Å². The molecule has 0 fully saturated rings. The van der Waals surface area contributed by atoms with Gasteiger partial charge in [0.2, 0.25) is 0 Å². The molecule has 0 saturated carbocycles. The molecule has 1 heterocycles. The number of terminal acetylenes is 1. The van der Waals surface area contributed by atoms with Gasteiger partial charge in [0.1, 0.15) is 12.4 Å². The first-order chi connectivity index (χ1) is 18.8. The summed E-state index contributed by atoms with van der Waals surface area (Å²) >= 11 is 2.16. The van der Waals surface area contributed by atoms with E-state index in [4.69, 9.17) is 25.6 Å². The SMILES string of the molecule is C#CCOc1c(I)cc(C=Nn2c(-c3cc(C(C)C)c(OCC)cc3C)nc3ccccc3c2=O)cc1OC. The molecule has 0 radical (unpaired) electrons. The van der Waals surface area contributed by atoms with E-state index in [0.717, 1.165) is 31.6 Å². The molecular weight excluding hydrogens is 605 g/mol. The van der Waals surface area contributed by atoms with E-state index < -0.39 is 0 Å². The number of benzene rings is 3. The Morgan fingerprint density at radius 3 is 2.62 bits per heavy atom. The molecule has 200 valence electrons. The lowest BCUT2D eigenvalue weighted by Gasteiger charge is -2.18. The number of fused-ring (bicyclic) bond motifs is 1. The zero-order valence-electron chi connectivity index (χ0n) is 22.6. The molecule has 0 unspecified atom stereocenters. The van der Waals surface area contributed by atoms with Crippen molar-refractivity contribution in [2.75, 3.05) is 20.3 Å². The lowest BCUT2D eigenvalue weighted by Crippen LogP contribution is -2.21. The molecule has 3 aromatic carbocycles. The Morgan fingerprint density at radius 1 is 1.15 bits per heavy atom. The minimum atomic E-state index is -0.262. The van der Waals surface area contributed by atoms with Gasteiger partial charge in [-0.3, -0.25) is 4.79 Å². The van der Waals surface area contributed by atoms with Gasteiger partial charge in [0.25, 0.3) is 5.56 Å². The normalized spacial score (nSPS) is 11.2. The Kier molecular flexibility index (Phi) is 8.92. The summed E-state index contributed by atoms with van der Waals surface area (Å²) in [6, 6.07) is 15.0. The van der Waals surface area contributed by atoms with E-state index in [1.54, 1.807) is 25.5 Å². The Labute approximate surface area is 242 Å². The van der Waals surface area contributed by atoms with Gasteiger partial charge >= 0.3 is 0 Å². The molecule has 1 aromatic heterocycles.